The summed E-state index contributed by atoms with van der Waals surface area (Å²) in [6.07, 6.45) is 0. The number of Topliss-reactive ketones (excluding diaryl/α,β-unsaturated/α-hetero) is 2. The molecule has 0 atom stereocenters. The highest BCUT2D eigenvalue weighted by Crippen LogP contribution is 2.43. The molecule has 1 aromatic carbocycles. The second kappa shape index (κ2) is 3.36. The third-order valence-corrected chi connectivity index (χ3v) is 3.63. The molecule has 1 aliphatic rings. The molecular formula is C9H2Cl4O2. The lowest BCUT2D eigenvalue weighted by Crippen LogP contribution is -2.27. The Hall–Kier alpha value is -0.280. The van der Waals surface area contributed by atoms with Gasteiger partial charge in [0, 0.05) is 5.56 Å². The molecule has 0 fully saturated rings. The van der Waals surface area contributed by atoms with Gasteiger partial charge < -0.3 is 0 Å². The molecule has 0 heterocycles. The highest BCUT2D eigenvalue weighted by Gasteiger charge is 2.51. The van der Waals surface area contributed by atoms with Gasteiger partial charge in [-0.15, -0.1) is 0 Å². The summed E-state index contributed by atoms with van der Waals surface area (Å²) in [5.74, 6) is -1.39. The van der Waals surface area contributed by atoms with E-state index >= 15 is 0 Å². The van der Waals surface area contributed by atoms with Gasteiger partial charge in [-0.2, -0.15) is 0 Å². The molecule has 0 bridgehead atoms. The molecule has 0 amide bonds. The lowest BCUT2D eigenvalue weighted by atomic mass is 10.1. The molecule has 1 aliphatic carbocycles. The van der Waals surface area contributed by atoms with Crippen molar-refractivity contribution in [2.45, 2.75) is 4.33 Å². The molecule has 0 aromatic heterocycles. The molecule has 0 aliphatic heterocycles. The average molecular weight is 284 g/mol. The third-order valence-electron chi connectivity index (χ3n) is 2.14. The lowest BCUT2D eigenvalue weighted by molar-refractivity contribution is 0.0908. The average Bonchev–Trinajstić information content (AvgIpc) is 2.35. The summed E-state index contributed by atoms with van der Waals surface area (Å²) in [5.41, 5.74) is 0.110. The molecule has 0 unspecified atom stereocenters. The summed E-state index contributed by atoms with van der Waals surface area (Å²) in [6, 6.07) is 2.80. The Kier molecular flexibility index (Phi) is 2.51. The van der Waals surface area contributed by atoms with Crippen molar-refractivity contribution in [1.82, 2.24) is 0 Å². The number of halogens is 4. The minimum atomic E-state index is -2.07. The summed E-state index contributed by atoms with van der Waals surface area (Å²) >= 11 is 22.8. The van der Waals surface area contributed by atoms with E-state index in [9.17, 15) is 9.59 Å². The van der Waals surface area contributed by atoms with Gasteiger partial charge in [-0.3, -0.25) is 9.59 Å². The second-order valence-corrected chi connectivity index (χ2v) is 5.13. The van der Waals surface area contributed by atoms with E-state index in [0.717, 1.165) is 0 Å². The summed E-state index contributed by atoms with van der Waals surface area (Å²) in [6.45, 7) is 0. The number of fused-ring (bicyclic) bond motifs is 1. The van der Waals surface area contributed by atoms with E-state index in [1.54, 1.807) is 0 Å². The van der Waals surface area contributed by atoms with Crippen molar-refractivity contribution in [3.8, 4) is 0 Å². The fourth-order valence-corrected chi connectivity index (χ4v) is 2.19. The van der Waals surface area contributed by atoms with Crippen molar-refractivity contribution in [2.24, 2.45) is 0 Å². The van der Waals surface area contributed by atoms with Gasteiger partial charge in [-0.05, 0) is 12.1 Å². The molecule has 0 spiro atoms. The normalized spacial score (nSPS) is 18.1. The molecule has 0 saturated heterocycles. The van der Waals surface area contributed by atoms with Crippen molar-refractivity contribution in [1.29, 1.82) is 0 Å². The number of ketones is 2. The van der Waals surface area contributed by atoms with E-state index < -0.39 is 15.9 Å². The van der Waals surface area contributed by atoms with Crippen LogP contribution in [0.3, 0.4) is 0 Å². The quantitative estimate of drug-likeness (QED) is 0.539. The second-order valence-electron chi connectivity index (χ2n) is 3.02. The van der Waals surface area contributed by atoms with Gasteiger partial charge in [0.15, 0.2) is 0 Å². The Balaban J connectivity index is 2.80. The minimum absolute atomic E-state index is 0.000772. The molecule has 2 nitrogen and oxygen atoms in total. The maximum atomic E-state index is 11.7. The van der Waals surface area contributed by atoms with Crippen LogP contribution in [0.15, 0.2) is 12.1 Å². The molecular weight excluding hydrogens is 282 g/mol. The SMILES string of the molecule is O=C1c2ccc(Cl)c(Cl)c2C(=O)C1(Cl)Cl. The van der Waals surface area contributed by atoms with Crippen molar-refractivity contribution in [3.05, 3.63) is 33.3 Å². The first-order valence-corrected chi connectivity index (χ1v) is 5.34. The Morgan fingerprint density at radius 3 is 2.20 bits per heavy atom. The van der Waals surface area contributed by atoms with Crippen molar-refractivity contribution < 1.29 is 9.59 Å². The van der Waals surface area contributed by atoms with Crippen LogP contribution in [0.4, 0.5) is 0 Å². The highest BCUT2D eigenvalue weighted by atomic mass is 35.5. The van der Waals surface area contributed by atoms with E-state index in [-0.39, 0.29) is 21.2 Å². The fourth-order valence-electron chi connectivity index (χ4n) is 1.39. The van der Waals surface area contributed by atoms with Crippen molar-refractivity contribution >= 4 is 58.0 Å². The van der Waals surface area contributed by atoms with Crippen LogP contribution < -0.4 is 0 Å². The van der Waals surface area contributed by atoms with E-state index in [1.165, 1.54) is 12.1 Å². The highest BCUT2D eigenvalue weighted by molar-refractivity contribution is 6.73. The van der Waals surface area contributed by atoms with Gasteiger partial charge in [0.05, 0.1) is 15.6 Å². The Bertz CT molecular complexity index is 493. The molecule has 0 radical (unpaired) electrons. The maximum Gasteiger partial charge on any atom is 0.242 e. The van der Waals surface area contributed by atoms with E-state index in [4.69, 9.17) is 46.4 Å². The van der Waals surface area contributed by atoms with Crippen LogP contribution in [0.25, 0.3) is 0 Å². The first kappa shape index (κ1) is 11.2. The van der Waals surface area contributed by atoms with E-state index in [1.807, 2.05) is 0 Å². The molecule has 0 saturated carbocycles. The predicted octanol–water partition coefficient (Wildman–Crippen LogP) is 3.55. The van der Waals surface area contributed by atoms with Crippen LogP contribution in [-0.2, 0) is 0 Å². The monoisotopic (exact) mass is 282 g/mol. The molecule has 0 N–H and O–H groups in total. The topological polar surface area (TPSA) is 34.1 Å². The Labute approximate surface area is 105 Å². The molecule has 6 heteroatoms. The van der Waals surface area contributed by atoms with Crippen molar-refractivity contribution in [2.75, 3.05) is 0 Å². The lowest BCUT2D eigenvalue weighted by Gasteiger charge is -2.05. The molecule has 15 heavy (non-hydrogen) atoms. The zero-order chi connectivity index (χ0) is 11.4. The largest absolute Gasteiger partial charge is 0.290 e. The molecule has 78 valence electrons. The predicted molar refractivity (Wildman–Crippen MR) is 59.6 cm³/mol. The summed E-state index contributed by atoms with van der Waals surface area (Å²) in [4.78, 5) is 23.3. The van der Waals surface area contributed by atoms with Gasteiger partial charge in [0.25, 0.3) is 0 Å². The zero-order valence-corrected chi connectivity index (χ0v) is 10.0. The number of rotatable bonds is 0. The van der Waals surface area contributed by atoms with Crippen LogP contribution in [0.5, 0.6) is 0 Å². The maximum absolute atomic E-state index is 11.7. The standard InChI is InChI=1S/C9H2Cl4O2/c10-4-2-1-3-5(6(4)11)8(15)9(12,13)7(3)14/h1-2H. The molecule has 1 aromatic rings. The number of benzene rings is 1. The van der Waals surface area contributed by atoms with Gasteiger partial charge in [-0.25, -0.2) is 0 Å². The van der Waals surface area contributed by atoms with Gasteiger partial charge in [0.1, 0.15) is 0 Å². The van der Waals surface area contributed by atoms with Crippen molar-refractivity contribution in [3.63, 3.8) is 0 Å². The number of carbonyl (C=O) groups is 2. The van der Waals surface area contributed by atoms with Gasteiger partial charge in [0.2, 0.25) is 15.9 Å². The Morgan fingerprint density at radius 2 is 1.60 bits per heavy atom. The summed E-state index contributed by atoms with van der Waals surface area (Å²) in [7, 11) is 0. The Morgan fingerprint density at radius 1 is 1.00 bits per heavy atom. The summed E-state index contributed by atoms with van der Waals surface area (Å²) in [5, 5.41) is 0.193. The minimum Gasteiger partial charge on any atom is -0.290 e. The number of carbonyl (C=O) groups excluding carboxylic acids is 2. The summed E-state index contributed by atoms with van der Waals surface area (Å²) < 4.78 is -2.07. The van der Waals surface area contributed by atoms with Gasteiger partial charge >= 0.3 is 0 Å². The van der Waals surface area contributed by atoms with Gasteiger partial charge in [-0.1, -0.05) is 46.4 Å². The fraction of sp³-hybridized carbons (Fsp3) is 0.111. The number of alkyl halides is 2. The van der Waals surface area contributed by atoms with Crippen LogP contribution in [-0.4, -0.2) is 15.9 Å². The van der Waals surface area contributed by atoms with Crippen LogP contribution in [0.1, 0.15) is 20.7 Å². The van der Waals surface area contributed by atoms with Crippen LogP contribution in [0.2, 0.25) is 10.0 Å². The first-order chi connectivity index (χ1) is 6.87. The van der Waals surface area contributed by atoms with Crippen LogP contribution >= 0.6 is 46.4 Å². The molecule has 2 rings (SSSR count). The third kappa shape index (κ3) is 1.40. The van der Waals surface area contributed by atoms with Crippen LogP contribution in [0, 0.1) is 0 Å². The first-order valence-electron chi connectivity index (χ1n) is 3.82. The smallest absolute Gasteiger partial charge is 0.242 e. The van der Waals surface area contributed by atoms with E-state index in [2.05, 4.69) is 0 Å². The number of hydrogen-bond acceptors (Lipinski definition) is 2. The zero-order valence-electron chi connectivity index (χ0n) is 6.98. The number of hydrogen-bond donors (Lipinski definition) is 0. The van der Waals surface area contributed by atoms with E-state index in [0.29, 0.717) is 0 Å².